The summed E-state index contributed by atoms with van der Waals surface area (Å²) in [5.41, 5.74) is 9.87. The number of hydrogen-bond donors (Lipinski definition) is 2. The smallest absolute Gasteiger partial charge is 0.273 e. The van der Waals surface area contributed by atoms with Gasteiger partial charge in [0, 0.05) is 10.2 Å². The number of rotatable bonds is 3. The van der Waals surface area contributed by atoms with Crippen molar-refractivity contribution < 1.29 is 4.79 Å². The molecule has 2 rings (SSSR count). The Morgan fingerprint density at radius 3 is 2.74 bits per heavy atom. The molecular weight excluding hydrogens is 306 g/mol. The Kier molecular flexibility index (Phi) is 4.30. The van der Waals surface area contributed by atoms with E-state index in [0.29, 0.717) is 11.3 Å². The first-order valence-corrected chi connectivity index (χ1v) is 6.39. The Bertz CT molecular complexity index is 626. The lowest BCUT2D eigenvalue weighted by atomic mass is 10.2. The van der Waals surface area contributed by atoms with Gasteiger partial charge in [0.15, 0.2) is 0 Å². The van der Waals surface area contributed by atoms with Crippen LogP contribution in [0.4, 0.5) is 5.69 Å². The number of amides is 1. The Morgan fingerprint density at radius 1 is 1.21 bits per heavy atom. The highest BCUT2D eigenvalue weighted by Crippen LogP contribution is 2.11. The SMILES string of the molecule is Nc1ccccc1C(=O)N/N=C\c1cccc(Br)c1. The van der Waals surface area contributed by atoms with Crippen molar-refractivity contribution in [3.05, 3.63) is 64.1 Å². The van der Waals surface area contributed by atoms with E-state index in [1.165, 1.54) is 0 Å². The van der Waals surface area contributed by atoms with E-state index in [4.69, 9.17) is 5.73 Å². The molecule has 0 unspecified atom stereocenters. The average molecular weight is 318 g/mol. The van der Waals surface area contributed by atoms with Gasteiger partial charge in [0.1, 0.15) is 0 Å². The van der Waals surface area contributed by atoms with Crippen LogP contribution in [0.2, 0.25) is 0 Å². The second-order valence-electron chi connectivity index (χ2n) is 3.84. The molecule has 96 valence electrons. The molecule has 0 bridgehead atoms. The van der Waals surface area contributed by atoms with E-state index in [1.54, 1.807) is 30.5 Å². The number of benzene rings is 2. The zero-order chi connectivity index (χ0) is 13.7. The molecule has 1 amide bonds. The standard InChI is InChI=1S/C14H12BrN3O/c15-11-5-3-4-10(8-11)9-17-18-14(19)12-6-1-2-7-13(12)16/h1-9H,16H2,(H,18,19)/b17-9-. The van der Waals surface area contributed by atoms with Crippen LogP contribution < -0.4 is 11.2 Å². The number of nitrogen functional groups attached to an aromatic ring is 1. The van der Waals surface area contributed by atoms with E-state index in [9.17, 15) is 4.79 Å². The van der Waals surface area contributed by atoms with Gasteiger partial charge in [0.2, 0.25) is 0 Å². The van der Waals surface area contributed by atoms with E-state index in [2.05, 4.69) is 26.5 Å². The third kappa shape index (κ3) is 3.66. The topological polar surface area (TPSA) is 67.5 Å². The zero-order valence-electron chi connectivity index (χ0n) is 10.0. The summed E-state index contributed by atoms with van der Waals surface area (Å²) in [6.07, 6.45) is 1.57. The number of halogens is 1. The number of nitrogens with two attached hydrogens (primary N) is 1. The number of carbonyl (C=O) groups excluding carboxylic acids is 1. The van der Waals surface area contributed by atoms with Gasteiger partial charge in [0.25, 0.3) is 5.91 Å². The third-order valence-corrected chi connectivity index (χ3v) is 2.93. The van der Waals surface area contributed by atoms with Gasteiger partial charge in [0.05, 0.1) is 11.8 Å². The van der Waals surface area contributed by atoms with Crippen molar-refractivity contribution in [2.45, 2.75) is 0 Å². The number of nitrogens with zero attached hydrogens (tertiary/aromatic N) is 1. The molecule has 2 aromatic carbocycles. The minimum Gasteiger partial charge on any atom is -0.398 e. The highest BCUT2D eigenvalue weighted by Gasteiger charge is 2.06. The molecule has 0 fully saturated rings. The van der Waals surface area contributed by atoms with Crippen molar-refractivity contribution in [1.82, 2.24) is 5.43 Å². The minimum atomic E-state index is -0.329. The molecule has 4 nitrogen and oxygen atoms in total. The van der Waals surface area contributed by atoms with Gasteiger partial charge in [-0.2, -0.15) is 5.10 Å². The largest absolute Gasteiger partial charge is 0.398 e. The quantitative estimate of drug-likeness (QED) is 0.519. The molecule has 0 aromatic heterocycles. The lowest BCUT2D eigenvalue weighted by molar-refractivity contribution is 0.0956. The number of anilines is 1. The molecule has 19 heavy (non-hydrogen) atoms. The van der Waals surface area contributed by atoms with Gasteiger partial charge in [-0.05, 0) is 29.8 Å². The molecule has 0 heterocycles. The monoisotopic (exact) mass is 317 g/mol. The minimum absolute atomic E-state index is 0.329. The fraction of sp³-hybridized carbons (Fsp3) is 0. The normalized spacial score (nSPS) is 10.6. The summed E-state index contributed by atoms with van der Waals surface area (Å²) in [7, 11) is 0. The van der Waals surface area contributed by atoms with Gasteiger partial charge in [-0.3, -0.25) is 4.79 Å². The predicted molar refractivity (Wildman–Crippen MR) is 80.1 cm³/mol. The molecule has 2 aromatic rings. The molecule has 0 spiro atoms. The van der Waals surface area contributed by atoms with Crippen LogP contribution >= 0.6 is 15.9 Å². The molecule has 0 aliphatic heterocycles. The van der Waals surface area contributed by atoms with Gasteiger partial charge >= 0.3 is 0 Å². The van der Waals surface area contributed by atoms with Crippen molar-refractivity contribution in [2.24, 2.45) is 5.10 Å². The highest BCUT2D eigenvalue weighted by molar-refractivity contribution is 9.10. The highest BCUT2D eigenvalue weighted by atomic mass is 79.9. The van der Waals surface area contributed by atoms with Crippen LogP contribution in [0, 0.1) is 0 Å². The maximum absolute atomic E-state index is 11.8. The summed E-state index contributed by atoms with van der Waals surface area (Å²) in [5, 5.41) is 3.90. The third-order valence-electron chi connectivity index (χ3n) is 2.43. The van der Waals surface area contributed by atoms with Crippen LogP contribution in [0.1, 0.15) is 15.9 Å². The Morgan fingerprint density at radius 2 is 2.00 bits per heavy atom. The first-order chi connectivity index (χ1) is 9.16. The Hall–Kier alpha value is -2.14. The summed E-state index contributed by atoms with van der Waals surface area (Å²) < 4.78 is 0.954. The van der Waals surface area contributed by atoms with Crippen LogP contribution in [-0.4, -0.2) is 12.1 Å². The first-order valence-electron chi connectivity index (χ1n) is 5.60. The number of para-hydroxylation sites is 1. The maximum atomic E-state index is 11.8. The molecule has 0 saturated carbocycles. The van der Waals surface area contributed by atoms with Gasteiger partial charge in [-0.25, -0.2) is 5.43 Å². The molecule has 0 radical (unpaired) electrons. The van der Waals surface area contributed by atoms with Crippen LogP contribution in [0.25, 0.3) is 0 Å². The fourth-order valence-electron chi connectivity index (χ4n) is 1.52. The summed E-state index contributed by atoms with van der Waals surface area (Å²) in [6, 6.07) is 14.4. The fourth-order valence-corrected chi connectivity index (χ4v) is 1.93. The van der Waals surface area contributed by atoms with E-state index >= 15 is 0 Å². The van der Waals surface area contributed by atoms with E-state index in [1.807, 2.05) is 24.3 Å². The molecular formula is C14H12BrN3O. The van der Waals surface area contributed by atoms with E-state index in [0.717, 1.165) is 10.0 Å². The van der Waals surface area contributed by atoms with Gasteiger partial charge < -0.3 is 5.73 Å². The van der Waals surface area contributed by atoms with Crippen molar-refractivity contribution >= 4 is 33.7 Å². The van der Waals surface area contributed by atoms with Crippen LogP contribution in [0.15, 0.2) is 58.1 Å². The maximum Gasteiger partial charge on any atom is 0.273 e. The van der Waals surface area contributed by atoms with Crippen molar-refractivity contribution in [3.8, 4) is 0 Å². The molecule has 3 N–H and O–H groups in total. The van der Waals surface area contributed by atoms with Crippen LogP contribution in [0.5, 0.6) is 0 Å². The summed E-state index contributed by atoms with van der Waals surface area (Å²) in [5.74, 6) is -0.329. The van der Waals surface area contributed by atoms with Gasteiger partial charge in [-0.15, -0.1) is 0 Å². The molecule has 5 heteroatoms. The lowest BCUT2D eigenvalue weighted by Crippen LogP contribution is -2.18. The lowest BCUT2D eigenvalue weighted by Gasteiger charge is -2.02. The van der Waals surface area contributed by atoms with Crippen LogP contribution in [-0.2, 0) is 0 Å². The van der Waals surface area contributed by atoms with Gasteiger partial charge in [-0.1, -0.05) is 40.2 Å². The summed E-state index contributed by atoms with van der Waals surface area (Å²) >= 11 is 3.36. The number of nitrogens with one attached hydrogen (secondary N) is 1. The Labute approximate surface area is 119 Å². The van der Waals surface area contributed by atoms with Crippen molar-refractivity contribution in [2.75, 3.05) is 5.73 Å². The number of carbonyl (C=O) groups is 1. The molecule has 0 saturated heterocycles. The number of hydrogen-bond acceptors (Lipinski definition) is 3. The molecule has 0 atom stereocenters. The van der Waals surface area contributed by atoms with Crippen LogP contribution in [0.3, 0.4) is 0 Å². The second kappa shape index (κ2) is 6.15. The van der Waals surface area contributed by atoms with E-state index < -0.39 is 0 Å². The first kappa shape index (κ1) is 13.3. The second-order valence-corrected chi connectivity index (χ2v) is 4.76. The van der Waals surface area contributed by atoms with E-state index in [-0.39, 0.29) is 5.91 Å². The molecule has 0 aliphatic carbocycles. The predicted octanol–water partition coefficient (Wildman–Crippen LogP) is 2.80. The average Bonchev–Trinajstić information content (AvgIpc) is 2.39. The zero-order valence-corrected chi connectivity index (χ0v) is 11.6. The molecule has 0 aliphatic rings. The Balaban J connectivity index is 2.03. The van der Waals surface area contributed by atoms with Crippen molar-refractivity contribution in [1.29, 1.82) is 0 Å². The summed E-state index contributed by atoms with van der Waals surface area (Å²) in [4.78, 5) is 11.8. The van der Waals surface area contributed by atoms with Crippen molar-refractivity contribution in [3.63, 3.8) is 0 Å². The number of hydrazone groups is 1. The summed E-state index contributed by atoms with van der Waals surface area (Å²) in [6.45, 7) is 0.